The third-order valence-electron chi connectivity index (χ3n) is 1.96. The van der Waals surface area contributed by atoms with E-state index in [1.807, 2.05) is 0 Å². The lowest BCUT2D eigenvalue weighted by atomic mass is 10.2. The molecule has 102 valence electrons. The molecule has 0 saturated carbocycles. The molecule has 0 spiro atoms. The van der Waals surface area contributed by atoms with E-state index in [0.29, 0.717) is 5.56 Å². The topological polar surface area (TPSA) is 78.5 Å². The predicted molar refractivity (Wildman–Crippen MR) is 58.9 cm³/mol. The normalized spacial score (nSPS) is 11.2. The maximum Gasteiger partial charge on any atom is 0.412 e. The quantitative estimate of drug-likeness (QED) is 0.803. The smallest absolute Gasteiger partial charge is 0.412 e. The molecule has 0 saturated heterocycles. The van der Waals surface area contributed by atoms with Crippen molar-refractivity contribution in [3.63, 3.8) is 0 Å². The van der Waals surface area contributed by atoms with Gasteiger partial charge in [-0.3, -0.25) is 5.32 Å². The van der Waals surface area contributed by atoms with Crippen molar-refractivity contribution in [2.75, 3.05) is 0 Å². The molecule has 7 heteroatoms. The monoisotopic (exact) mass is 270 g/mol. The van der Waals surface area contributed by atoms with Crippen molar-refractivity contribution in [3.8, 4) is 0 Å². The second-order valence-corrected chi connectivity index (χ2v) is 3.39. The highest BCUT2D eigenvalue weighted by molar-refractivity contribution is 5.89. The van der Waals surface area contributed by atoms with E-state index in [1.54, 1.807) is 35.6 Å². The fourth-order valence-corrected chi connectivity index (χ4v) is 1.16. The first-order chi connectivity index (χ1) is 8.99. The molecule has 0 aromatic heterocycles. The van der Waals surface area contributed by atoms with Gasteiger partial charge < -0.3 is 14.6 Å². The number of hydrogen-bond donors (Lipinski definition) is 1. The van der Waals surface area contributed by atoms with Gasteiger partial charge in [-0.1, -0.05) is 30.3 Å². The average Bonchev–Trinajstić information content (AvgIpc) is 2.36. The molecule has 0 aliphatic heterocycles. The maximum atomic E-state index is 12.0. The van der Waals surface area contributed by atoms with Crippen LogP contribution in [0.25, 0.3) is 0 Å². The third kappa shape index (κ3) is 5.62. The Morgan fingerprint density at radius 1 is 1.32 bits per heavy atom. The SMILES string of the molecule is O=C(NC(=CC(F)F)C(=O)[O-])OCc1ccccc1. The van der Waals surface area contributed by atoms with Gasteiger partial charge in [0.15, 0.2) is 0 Å². The highest BCUT2D eigenvalue weighted by Gasteiger charge is 2.09. The molecule has 19 heavy (non-hydrogen) atoms. The zero-order valence-corrected chi connectivity index (χ0v) is 9.64. The summed E-state index contributed by atoms with van der Waals surface area (Å²) in [5.74, 6) is -1.92. The van der Waals surface area contributed by atoms with Gasteiger partial charge >= 0.3 is 6.09 Å². The number of allylic oxidation sites excluding steroid dienone is 1. The average molecular weight is 270 g/mol. The van der Waals surface area contributed by atoms with Gasteiger partial charge in [-0.15, -0.1) is 0 Å². The standard InChI is InChI=1S/C12H11F2NO4/c13-10(14)6-9(11(16)17)15-12(18)19-7-8-4-2-1-3-5-8/h1-6,10H,7H2,(H,15,18)(H,16,17)/p-1. The fraction of sp³-hybridized carbons (Fsp3) is 0.167. The summed E-state index contributed by atoms with van der Waals surface area (Å²) in [6, 6.07) is 8.58. The van der Waals surface area contributed by atoms with Gasteiger partial charge in [0.1, 0.15) is 6.61 Å². The molecule has 1 aromatic carbocycles. The van der Waals surface area contributed by atoms with Crippen LogP contribution in [-0.2, 0) is 16.1 Å². The first-order valence-electron chi connectivity index (χ1n) is 5.18. The van der Waals surface area contributed by atoms with Gasteiger partial charge in [-0.25, -0.2) is 13.6 Å². The molecule has 1 N–H and O–H groups in total. The summed E-state index contributed by atoms with van der Waals surface area (Å²) in [5.41, 5.74) is -0.362. The van der Waals surface area contributed by atoms with E-state index < -0.39 is 24.2 Å². The van der Waals surface area contributed by atoms with Crippen LogP contribution in [0.4, 0.5) is 13.6 Å². The number of alkyl carbamates (subject to hydrolysis) is 1. The zero-order chi connectivity index (χ0) is 14.3. The Balaban J connectivity index is 2.52. The van der Waals surface area contributed by atoms with E-state index in [1.165, 1.54) is 0 Å². The minimum absolute atomic E-state index is 0.0547. The Morgan fingerprint density at radius 3 is 2.47 bits per heavy atom. The van der Waals surface area contributed by atoms with Gasteiger partial charge in [-0.2, -0.15) is 0 Å². The van der Waals surface area contributed by atoms with E-state index in [-0.39, 0.29) is 12.7 Å². The molecule has 1 aromatic rings. The van der Waals surface area contributed by atoms with Crippen LogP contribution in [0.5, 0.6) is 0 Å². The summed E-state index contributed by atoms with van der Waals surface area (Å²) < 4.78 is 28.6. The minimum Gasteiger partial charge on any atom is -0.543 e. The van der Waals surface area contributed by atoms with Crippen molar-refractivity contribution in [2.24, 2.45) is 0 Å². The van der Waals surface area contributed by atoms with Crippen LogP contribution in [0.15, 0.2) is 42.1 Å². The number of amides is 1. The van der Waals surface area contributed by atoms with Crippen LogP contribution in [0, 0.1) is 0 Å². The summed E-state index contributed by atoms with van der Waals surface area (Å²) in [4.78, 5) is 21.7. The number of carbonyl (C=O) groups excluding carboxylic acids is 2. The fourth-order valence-electron chi connectivity index (χ4n) is 1.16. The Kier molecular flexibility index (Phi) is 5.46. The van der Waals surface area contributed by atoms with Crippen LogP contribution in [-0.4, -0.2) is 18.5 Å². The Hall–Kier alpha value is -2.44. The van der Waals surface area contributed by atoms with E-state index >= 15 is 0 Å². The molecule has 0 aliphatic rings. The Morgan fingerprint density at radius 2 is 1.95 bits per heavy atom. The van der Waals surface area contributed by atoms with Gasteiger partial charge in [0.25, 0.3) is 6.43 Å². The van der Waals surface area contributed by atoms with Gasteiger partial charge in [0.05, 0.1) is 11.7 Å². The Bertz CT molecular complexity index is 474. The summed E-state index contributed by atoms with van der Waals surface area (Å²) >= 11 is 0. The van der Waals surface area contributed by atoms with Crippen LogP contribution < -0.4 is 10.4 Å². The van der Waals surface area contributed by atoms with E-state index in [9.17, 15) is 23.5 Å². The summed E-state index contributed by atoms with van der Waals surface area (Å²) in [7, 11) is 0. The molecule has 5 nitrogen and oxygen atoms in total. The largest absolute Gasteiger partial charge is 0.543 e. The summed E-state index contributed by atoms with van der Waals surface area (Å²) in [5, 5.41) is 12.1. The van der Waals surface area contributed by atoms with E-state index in [0.717, 1.165) is 0 Å². The lowest BCUT2D eigenvalue weighted by Crippen LogP contribution is -2.36. The highest BCUT2D eigenvalue weighted by atomic mass is 19.3. The second kappa shape index (κ2) is 7.10. The molecule has 1 amide bonds. The number of nitrogens with one attached hydrogen (secondary N) is 1. The van der Waals surface area contributed by atoms with Crippen molar-refractivity contribution in [1.29, 1.82) is 0 Å². The van der Waals surface area contributed by atoms with Gasteiger partial charge in [-0.05, 0) is 5.56 Å². The minimum atomic E-state index is -3.03. The summed E-state index contributed by atoms with van der Waals surface area (Å²) in [6.45, 7) is -0.109. The first kappa shape index (κ1) is 14.6. The van der Waals surface area contributed by atoms with Gasteiger partial charge in [0, 0.05) is 6.08 Å². The Labute approximate surface area is 107 Å². The van der Waals surface area contributed by atoms with E-state index in [2.05, 4.69) is 4.74 Å². The van der Waals surface area contributed by atoms with Crippen molar-refractivity contribution in [3.05, 3.63) is 47.7 Å². The number of alkyl halides is 2. The van der Waals surface area contributed by atoms with Crippen LogP contribution >= 0.6 is 0 Å². The molecule has 1 rings (SSSR count). The maximum absolute atomic E-state index is 12.0. The van der Waals surface area contributed by atoms with Crippen molar-refractivity contribution < 1.29 is 28.2 Å². The second-order valence-electron chi connectivity index (χ2n) is 3.39. The molecule has 0 bridgehead atoms. The zero-order valence-electron chi connectivity index (χ0n) is 9.64. The van der Waals surface area contributed by atoms with Crippen LogP contribution in [0.1, 0.15) is 5.56 Å². The van der Waals surface area contributed by atoms with E-state index in [4.69, 9.17) is 0 Å². The van der Waals surface area contributed by atoms with Crippen LogP contribution in [0.3, 0.4) is 0 Å². The number of halogens is 2. The number of rotatable bonds is 5. The predicted octanol–water partition coefficient (Wildman–Crippen LogP) is 0.812. The lowest BCUT2D eigenvalue weighted by Gasteiger charge is -2.11. The number of ether oxygens (including phenoxy) is 1. The first-order valence-corrected chi connectivity index (χ1v) is 5.18. The molecule has 0 atom stereocenters. The lowest BCUT2D eigenvalue weighted by molar-refractivity contribution is -0.299. The van der Waals surface area contributed by atoms with Crippen molar-refractivity contribution in [1.82, 2.24) is 5.32 Å². The summed E-state index contributed by atoms with van der Waals surface area (Å²) in [6.07, 6.45) is -4.12. The number of carbonyl (C=O) groups is 2. The molecule has 0 fully saturated rings. The number of aliphatic carboxylic acids is 1. The van der Waals surface area contributed by atoms with Crippen molar-refractivity contribution >= 4 is 12.1 Å². The van der Waals surface area contributed by atoms with Crippen LogP contribution in [0.2, 0.25) is 0 Å². The molecule has 0 unspecified atom stereocenters. The molecule has 0 aliphatic carbocycles. The highest BCUT2D eigenvalue weighted by Crippen LogP contribution is 2.02. The molecular formula is C12H10F2NO4-. The molecule has 0 radical (unpaired) electrons. The third-order valence-corrected chi connectivity index (χ3v) is 1.96. The van der Waals surface area contributed by atoms with Crippen molar-refractivity contribution in [2.45, 2.75) is 13.0 Å². The number of benzene rings is 1. The molecular weight excluding hydrogens is 260 g/mol. The number of carboxylic acids is 1. The molecule has 0 heterocycles. The van der Waals surface area contributed by atoms with Gasteiger partial charge in [0.2, 0.25) is 0 Å². The number of carboxylic acid groups (broad SMARTS) is 1. The number of hydrogen-bond acceptors (Lipinski definition) is 4.